The molecule has 0 bridgehead atoms. The molecule has 21 heavy (non-hydrogen) atoms. The van der Waals surface area contributed by atoms with Crippen molar-refractivity contribution in [3.63, 3.8) is 0 Å². The molecular formula is C14H14ClNO4S. The zero-order valence-corrected chi connectivity index (χ0v) is 12.8. The highest BCUT2D eigenvalue weighted by atomic mass is 35.5. The van der Waals surface area contributed by atoms with E-state index in [0.717, 1.165) is 6.26 Å². The number of benzene rings is 1. The van der Waals surface area contributed by atoms with Gasteiger partial charge in [0.2, 0.25) is 0 Å². The topological polar surface area (TPSA) is 76.4 Å². The number of halogens is 1. The summed E-state index contributed by atoms with van der Waals surface area (Å²) in [7, 11) is -3.27. The fourth-order valence-electron chi connectivity index (χ4n) is 1.88. The fourth-order valence-corrected chi connectivity index (χ4v) is 2.90. The molecule has 0 saturated carbocycles. The number of amides is 1. The predicted octanol–water partition coefficient (Wildman–Crippen LogP) is 2.45. The molecule has 2 rings (SSSR count). The second-order valence-corrected chi connectivity index (χ2v) is 7.19. The predicted molar refractivity (Wildman–Crippen MR) is 80.1 cm³/mol. The van der Waals surface area contributed by atoms with Crippen molar-refractivity contribution in [1.82, 2.24) is 5.32 Å². The van der Waals surface area contributed by atoms with Crippen LogP contribution in [0.5, 0.6) is 0 Å². The summed E-state index contributed by atoms with van der Waals surface area (Å²) in [5.41, 5.74) is 0.703. The standard InChI is InChI=1S/C14H14ClNO4S/c1-21(18,19)9-11(10-5-3-2-4-6-10)16-14(17)12-7-8-13(15)20-12/h2-8,11H,9H2,1H3,(H,16,17)/t11-/m0/s1. The van der Waals surface area contributed by atoms with Crippen molar-refractivity contribution in [2.75, 3.05) is 12.0 Å². The number of sulfone groups is 1. The molecule has 1 heterocycles. The van der Waals surface area contributed by atoms with Gasteiger partial charge in [0.15, 0.2) is 11.0 Å². The number of hydrogen-bond acceptors (Lipinski definition) is 4. The smallest absolute Gasteiger partial charge is 0.287 e. The minimum absolute atomic E-state index is 0.0365. The van der Waals surface area contributed by atoms with E-state index >= 15 is 0 Å². The zero-order chi connectivity index (χ0) is 15.5. The second-order valence-electron chi connectivity index (χ2n) is 4.63. The van der Waals surface area contributed by atoms with Crippen LogP contribution in [0.4, 0.5) is 0 Å². The highest BCUT2D eigenvalue weighted by Gasteiger charge is 2.21. The molecule has 1 aromatic heterocycles. The molecule has 2 aromatic rings. The third-order valence-electron chi connectivity index (χ3n) is 2.77. The van der Waals surface area contributed by atoms with E-state index in [9.17, 15) is 13.2 Å². The van der Waals surface area contributed by atoms with Crippen LogP contribution in [0.25, 0.3) is 0 Å². The Morgan fingerprint density at radius 3 is 2.43 bits per heavy atom. The van der Waals surface area contributed by atoms with Crippen LogP contribution in [0.1, 0.15) is 22.2 Å². The average molecular weight is 328 g/mol. The van der Waals surface area contributed by atoms with Gasteiger partial charge >= 0.3 is 0 Å². The Hall–Kier alpha value is -1.79. The van der Waals surface area contributed by atoms with Gasteiger partial charge in [-0.1, -0.05) is 30.3 Å². The highest BCUT2D eigenvalue weighted by molar-refractivity contribution is 7.90. The van der Waals surface area contributed by atoms with Crippen LogP contribution in [-0.2, 0) is 9.84 Å². The first-order valence-corrected chi connectivity index (χ1v) is 8.58. The summed E-state index contributed by atoms with van der Waals surface area (Å²) >= 11 is 5.62. The number of furan rings is 1. The molecule has 1 aromatic carbocycles. The third-order valence-corrected chi connectivity index (χ3v) is 3.92. The first-order valence-electron chi connectivity index (χ1n) is 6.14. The minimum Gasteiger partial charge on any atom is -0.440 e. The van der Waals surface area contributed by atoms with E-state index in [2.05, 4.69) is 5.32 Å². The van der Waals surface area contributed by atoms with Crippen LogP contribution in [-0.4, -0.2) is 26.3 Å². The summed E-state index contributed by atoms with van der Waals surface area (Å²) < 4.78 is 28.1. The Morgan fingerprint density at radius 1 is 1.24 bits per heavy atom. The second kappa shape index (κ2) is 6.32. The lowest BCUT2D eigenvalue weighted by atomic mass is 10.1. The van der Waals surface area contributed by atoms with Gasteiger partial charge in [-0.2, -0.15) is 0 Å². The van der Waals surface area contributed by atoms with Crippen LogP contribution < -0.4 is 5.32 Å². The maximum atomic E-state index is 12.1. The normalized spacial score (nSPS) is 12.9. The van der Waals surface area contributed by atoms with Crippen molar-refractivity contribution in [3.8, 4) is 0 Å². The molecule has 0 spiro atoms. The van der Waals surface area contributed by atoms with Crippen LogP contribution in [0, 0.1) is 0 Å². The molecule has 1 N–H and O–H groups in total. The van der Waals surface area contributed by atoms with Gasteiger partial charge in [0.05, 0.1) is 11.8 Å². The van der Waals surface area contributed by atoms with Crippen molar-refractivity contribution in [2.45, 2.75) is 6.04 Å². The van der Waals surface area contributed by atoms with Gasteiger partial charge in [0.1, 0.15) is 9.84 Å². The van der Waals surface area contributed by atoms with Crippen molar-refractivity contribution in [1.29, 1.82) is 0 Å². The van der Waals surface area contributed by atoms with E-state index in [1.807, 2.05) is 6.07 Å². The van der Waals surface area contributed by atoms with E-state index in [1.165, 1.54) is 12.1 Å². The molecule has 0 aliphatic heterocycles. The summed E-state index contributed by atoms with van der Waals surface area (Å²) in [6.45, 7) is 0. The van der Waals surface area contributed by atoms with Gasteiger partial charge in [-0.3, -0.25) is 4.79 Å². The van der Waals surface area contributed by atoms with Gasteiger partial charge in [0, 0.05) is 6.26 Å². The van der Waals surface area contributed by atoms with E-state index in [-0.39, 0.29) is 16.7 Å². The quantitative estimate of drug-likeness (QED) is 0.915. The lowest BCUT2D eigenvalue weighted by Gasteiger charge is -2.17. The molecule has 0 unspecified atom stereocenters. The highest BCUT2D eigenvalue weighted by Crippen LogP contribution is 2.18. The maximum Gasteiger partial charge on any atom is 0.287 e. The van der Waals surface area contributed by atoms with Gasteiger partial charge in [-0.15, -0.1) is 0 Å². The molecule has 0 saturated heterocycles. The molecule has 0 radical (unpaired) electrons. The third kappa shape index (κ3) is 4.61. The molecule has 5 nitrogen and oxygen atoms in total. The van der Waals surface area contributed by atoms with Crippen molar-refractivity contribution < 1.29 is 17.6 Å². The Balaban J connectivity index is 2.22. The van der Waals surface area contributed by atoms with Crippen molar-refractivity contribution in [3.05, 3.63) is 59.0 Å². The maximum absolute atomic E-state index is 12.1. The summed E-state index contributed by atoms with van der Waals surface area (Å²) in [6, 6.07) is 11.1. The van der Waals surface area contributed by atoms with Gasteiger partial charge in [0.25, 0.3) is 5.91 Å². The number of hydrogen-bond donors (Lipinski definition) is 1. The molecular weight excluding hydrogens is 314 g/mol. The number of rotatable bonds is 5. The van der Waals surface area contributed by atoms with E-state index in [1.54, 1.807) is 24.3 Å². The van der Waals surface area contributed by atoms with E-state index in [0.29, 0.717) is 5.56 Å². The SMILES string of the molecule is CS(=O)(=O)C[C@H](NC(=O)c1ccc(Cl)o1)c1ccccc1. The average Bonchev–Trinajstić information content (AvgIpc) is 2.84. The summed E-state index contributed by atoms with van der Waals surface area (Å²) in [5, 5.41) is 2.75. The van der Waals surface area contributed by atoms with Gasteiger partial charge in [-0.05, 0) is 29.3 Å². The molecule has 7 heteroatoms. The van der Waals surface area contributed by atoms with Crippen LogP contribution in [0.15, 0.2) is 46.9 Å². The Bertz CT molecular complexity index is 724. The molecule has 0 fully saturated rings. The number of carbonyl (C=O) groups excluding carboxylic acids is 1. The Morgan fingerprint density at radius 2 is 1.90 bits per heavy atom. The largest absolute Gasteiger partial charge is 0.440 e. The zero-order valence-electron chi connectivity index (χ0n) is 11.2. The number of carbonyl (C=O) groups is 1. The first-order chi connectivity index (χ1) is 9.85. The molecule has 1 atom stereocenters. The van der Waals surface area contributed by atoms with Gasteiger partial charge in [-0.25, -0.2) is 8.42 Å². The summed E-state index contributed by atoms with van der Waals surface area (Å²) in [6.07, 6.45) is 1.12. The monoisotopic (exact) mass is 327 g/mol. The lowest BCUT2D eigenvalue weighted by Crippen LogP contribution is -2.32. The first kappa shape index (κ1) is 15.6. The van der Waals surface area contributed by atoms with E-state index < -0.39 is 21.8 Å². The lowest BCUT2D eigenvalue weighted by molar-refractivity contribution is 0.0912. The summed E-state index contributed by atoms with van der Waals surface area (Å²) in [5.74, 6) is -0.675. The Labute approximate surface area is 127 Å². The number of nitrogens with one attached hydrogen (secondary N) is 1. The van der Waals surface area contributed by atoms with Crippen LogP contribution in [0.3, 0.4) is 0 Å². The van der Waals surface area contributed by atoms with E-state index in [4.69, 9.17) is 16.0 Å². The molecule has 1 amide bonds. The van der Waals surface area contributed by atoms with Gasteiger partial charge < -0.3 is 9.73 Å². The van der Waals surface area contributed by atoms with Crippen molar-refractivity contribution in [2.24, 2.45) is 0 Å². The van der Waals surface area contributed by atoms with Crippen LogP contribution >= 0.6 is 11.6 Å². The molecule has 0 aliphatic rings. The fraction of sp³-hybridized carbons (Fsp3) is 0.214. The molecule has 0 aliphatic carbocycles. The van der Waals surface area contributed by atoms with Crippen molar-refractivity contribution >= 4 is 27.3 Å². The molecule has 112 valence electrons. The summed E-state index contributed by atoms with van der Waals surface area (Å²) in [4.78, 5) is 12.1. The minimum atomic E-state index is -3.27. The van der Waals surface area contributed by atoms with Crippen LogP contribution in [0.2, 0.25) is 5.22 Å². The Kier molecular flexibility index (Phi) is 4.69.